The fraction of sp³-hybridized carbons (Fsp3) is 0.538. The van der Waals surface area contributed by atoms with Crippen molar-refractivity contribution in [2.45, 2.75) is 38.3 Å². The number of benzene rings is 1. The highest BCUT2D eigenvalue weighted by atomic mass is 35.5. The minimum Gasteiger partial charge on any atom is -0.493 e. The molecule has 1 aromatic rings. The van der Waals surface area contributed by atoms with Crippen LogP contribution in [-0.4, -0.2) is 12.6 Å². The van der Waals surface area contributed by atoms with Crippen LogP contribution < -0.4 is 10.1 Å². The fourth-order valence-corrected chi connectivity index (χ4v) is 2.64. The zero-order valence-corrected chi connectivity index (χ0v) is 10.2. The van der Waals surface area contributed by atoms with E-state index in [-0.39, 0.29) is 0 Å². The van der Waals surface area contributed by atoms with Gasteiger partial charge >= 0.3 is 0 Å². The van der Waals surface area contributed by atoms with Crippen molar-refractivity contribution in [1.82, 2.24) is 5.32 Å². The van der Waals surface area contributed by atoms with E-state index in [1.54, 1.807) is 0 Å². The van der Waals surface area contributed by atoms with Crippen LogP contribution in [0.25, 0.3) is 0 Å². The first-order valence-corrected chi connectivity index (χ1v) is 6.31. The molecule has 3 rings (SSSR count). The Morgan fingerprint density at radius 3 is 2.88 bits per heavy atom. The van der Waals surface area contributed by atoms with Crippen molar-refractivity contribution in [1.29, 1.82) is 0 Å². The van der Waals surface area contributed by atoms with Crippen LogP contribution in [0.4, 0.5) is 0 Å². The number of hydrogen-bond donors (Lipinski definition) is 1. The summed E-state index contributed by atoms with van der Waals surface area (Å²) in [5.74, 6) is 1.04. The van der Waals surface area contributed by atoms with Crippen molar-refractivity contribution in [2.24, 2.45) is 0 Å². The molecule has 1 unspecified atom stereocenters. The Morgan fingerprint density at radius 1 is 1.31 bits per heavy atom. The quantitative estimate of drug-likeness (QED) is 0.853. The molecule has 1 aliphatic carbocycles. The van der Waals surface area contributed by atoms with Crippen molar-refractivity contribution in [3.63, 3.8) is 0 Å². The van der Waals surface area contributed by atoms with Crippen LogP contribution in [0.2, 0.25) is 5.02 Å². The predicted molar refractivity (Wildman–Crippen MR) is 65.2 cm³/mol. The molecule has 1 aliphatic heterocycles. The van der Waals surface area contributed by atoms with E-state index in [1.807, 2.05) is 12.1 Å². The lowest BCUT2D eigenvalue weighted by molar-refractivity contribution is 0.250. The topological polar surface area (TPSA) is 21.3 Å². The molecule has 0 radical (unpaired) electrons. The molecule has 86 valence electrons. The van der Waals surface area contributed by atoms with Crippen LogP contribution in [0.1, 0.15) is 36.4 Å². The largest absolute Gasteiger partial charge is 0.493 e. The Kier molecular flexibility index (Phi) is 2.56. The van der Waals surface area contributed by atoms with Crippen molar-refractivity contribution in [3.05, 3.63) is 28.3 Å². The minimum absolute atomic E-state index is 0.425. The number of rotatable bonds is 2. The molecule has 1 fully saturated rings. The molecular formula is C13H16ClNO. The number of aryl methyl sites for hydroxylation is 1. The first-order valence-electron chi connectivity index (χ1n) is 5.93. The summed E-state index contributed by atoms with van der Waals surface area (Å²) in [7, 11) is 0. The lowest BCUT2D eigenvalue weighted by Gasteiger charge is -2.28. The van der Waals surface area contributed by atoms with Gasteiger partial charge in [-0.25, -0.2) is 0 Å². The van der Waals surface area contributed by atoms with Gasteiger partial charge in [-0.1, -0.05) is 11.6 Å². The van der Waals surface area contributed by atoms with E-state index in [2.05, 4.69) is 12.2 Å². The summed E-state index contributed by atoms with van der Waals surface area (Å²) < 4.78 is 5.74. The highest BCUT2D eigenvalue weighted by Gasteiger charge is 2.29. The predicted octanol–water partition coefficient (Wildman–Crippen LogP) is 3.22. The summed E-state index contributed by atoms with van der Waals surface area (Å²) >= 11 is 6.12. The highest BCUT2D eigenvalue weighted by molar-refractivity contribution is 6.30. The Hall–Kier alpha value is -0.730. The van der Waals surface area contributed by atoms with Gasteiger partial charge in [0.05, 0.1) is 6.61 Å². The number of halogens is 1. The van der Waals surface area contributed by atoms with Crippen molar-refractivity contribution in [2.75, 3.05) is 6.61 Å². The molecule has 0 amide bonds. The van der Waals surface area contributed by atoms with Crippen LogP contribution in [0.5, 0.6) is 5.75 Å². The summed E-state index contributed by atoms with van der Waals surface area (Å²) in [5.41, 5.74) is 2.38. The molecule has 0 bridgehead atoms. The monoisotopic (exact) mass is 237 g/mol. The SMILES string of the molecule is Cc1cc(Cl)cc2c1OCCC2NC1CC1. The molecule has 2 nitrogen and oxygen atoms in total. The number of nitrogens with one attached hydrogen (secondary N) is 1. The third-order valence-corrected chi connectivity index (χ3v) is 3.53. The van der Waals surface area contributed by atoms with E-state index in [4.69, 9.17) is 16.3 Å². The maximum atomic E-state index is 6.12. The van der Waals surface area contributed by atoms with Gasteiger partial charge in [-0.05, 0) is 37.5 Å². The molecule has 1 saturated carbocycles. The molecule has 1 atom stereocenters. The van der Waals surface area contributed by atoms with Gasteiger partial charge in [0, 0.05) is 29.1 Å². The third-order valence-electron chi connectivity index (χ3n) is 3.31. The maximum absolute atomic E-state index is 6.12. The van der Waals surface area contributed by atoms with E-state index in [1.165, 1.54) is 18.4 Å². The second-order valence-electron chi connectivity index (χ2n) is 4.77. The van der Waals surface area contributed by atoms with Gasteiger partial charge in [-0.3, -0.25) is 0 Å². The van der Waals surface area contributed by atoms with Crippen molar-refractivity contribution >= 4 is 11.6 Å². The van der Waals surface area contributed by atoms with Gasteiger partial charge in [0.15, 0.2) is 0 Å². The van der Waals surface area contributed by atoms with Gasteiger partial charge in [-0.2, -0.15) is 0 Å². The summed E-state index contributed by atoms with van der Waals surface area (Å²) in [6, 6.07) is 5.16. The Labute approximate surface area is 101 Å². The molecule has 3 heteroatoms. The fourth-order valence-electron chi connectivity index (χ4n) is 2.35. The van der Waals surface area contributed by atoms with Gasteiger partial charge in [-0.15, -0.1) is 0 Å². The van der Waals surface area contributed by atoms with Crippen LogP contribution in [-0.2, 0) is 0 Å². The minimum atomic E-state index is 0.425. The van der Waals surface area contributed by atoms with Gasteiger partial charge < -0.3 is 10.1 Å². The first-order chi connectivity index (χ1) is 7.74. The van der Waals surface area contributed by atoms with Crippen LogP contribution in [0, 0.1) is 6.92 Å². The number of fused-ring (bicyclic) bond motifs is 1. The normalized spacial score (nSPS) is 23.8. The summed E-state index contributed by atoms with van der Waals surface area (Å²) in [6.45, 7) is 2.87. The average Bonchev–Trinajstić information content (AvgIpc) is 3.03. The Bertz CT molecular complexity index is 415. The molecular weight excluding hydrogens is 222 g/mol. The molecule has 1 N–H and O–H groups in total. The second-order valence-corrected chi connectivity index (χ2v) is 5.21. The molecule has 1 heterocycles. The summed E-state index contributed by atoms with van der Waals surface area (Å²) in [6.07, 6.45) is 3.67. The van der Waals surface area contributed by atoms with Gasteiger partial charge in [0.2, 0.25) is 0 Å². The van der Waals surface area contributed by atoms with E-state index < -0.39 is 0 Å². The lowest BCUT2D eigenvalue weighted by atomic mass is 9.98. The smallest absolute Gasteiger partial charge is 0.127 e. The summed E-state index contributed by atoms with van der Waals surface area (Å²) in [5, 5.41) is 4.47. The second kappa shape index (κ2) is 3.94. The first kappa shape index (κ1) is 10.4. The van der Waals surface area contributed by atoms with E-state index in [9.17, 15) is 0 Å². The van der Waals surface area contributed by atoms with E-state index in [0.717, 1.165) is 35.4 Å². The number of ether oxygens (including phenoxy) is 1. The Balaban J connectivity index is 1.95. The van der Waals surface area contributed by atoms with Crippen molar-refractivity contribution in [3.8, 4) is 5.75 Å². The molecule has 0 spiro atoms. The van der Waals surface area contributed by atoms with Gasteiger partial charge in [0.25, 0.3) is 0 Å². The van der Waals surface area contributed by atoms with Gasteiger partial charge in [0.1, 0.15) is 5.75 Å². The van der Waals surface area contributed by atoms with E-state index >= 15 is 0 Å². The van der Waals surface area contributed by atoms with E-state index in [0.29, 0.717) is 6.04 Å². The lowest BCUT2D eigenvalue weighted by Crippen LogP contribution is -2.28. The zero-order valence-electron chi connectivity index (χ0n) is 9.42. The maximum Gasteiger partial charge on any atom is 0.127 e. The molecule has 16 heavy (non-hydrogen) atoms. The van der Waals surface area contributed by atoms with Crippen LogP contribution >= 0.6 is 11.6 Å². The molecule has 2 aliphatic rings. The zero-order chi connectivity index (χ0) is 11.1. The van der Waals surface area contributed by atoms with Crippen molar-refractivity contribution < 1.29 is 4.74 Å². The standard InChI is InChI=1S/C13H16ClNO/c1-8-6-9(14)7-11-12(15-10-2-3-10)4-5-16-13(8)11/h6-7,10,12,15H,2-5H2,1H3. The van der Waals surface area contributed by atoms with Crippen LogP contribution in [0.3, 0.4) is 0 Å². The Morgan fingerprint density at radius 2 is 2.12 bits per heavy atom. The number of hydrogen-bond acceptors (Lipinski definition) is 2. The van der Waals surface area contributed by atoms with Crippen LogP contribution in [0.15, 0.2) is 12.1 Å². The third kappa shape index (κ3) is 1.92. The highest BCUT2D eigenvalue weighted by Crippen LogP contribution is 2.38. The molecule has 1 aromatic carbocycles. The summed E-state index contributed by atoms with van der Waals surface area (Å²) in [4.78, 5) is 0. The molecule has 0 aromatic heterocycles. The molecule has 0 saturated heterocycles. The average molecular weight is 238 g/mol.